The Morgan fingerprint density at radius 3 is 2.50 bits per heavy atom. The average molecular weight is 213 g/mol. The second kappa shape index (κ2) is 5.72. The van der Waals surface area contributed by atoms with Crippen LogP contribution in [0.4, 0.5) is 0 Å². The van der Waals surface area contributed by atoms with Crippen LogP contribution >= 0.6 is 0 Å². The quantitative estimate of drug-likeness (QED) is 0.606. The van der Waals surface area contributed by atoms with E-state index in [1.807, 2.05) is 0 Å². The van der Waals surface area contributed by atoms with Crippen molar-refractivity contribution < 1.29 is 0 Å². The van der Waals surface area contributed by atoms with Crippen LogP contribution in [0.25, 0.3) is 0 Å². The van der Waals surface area contributed by atoms with Crippen molar-refractivity contribution in [3.05, 3.63) is 35.4 Å². The molecule has 0 amide bonds. The predicted molar refractivity (Wildman–Crippen MR) is 68.2 cm³/mol. The van der Waals surface area contributed by atoms with Gasteiger partial charge in [0.25, 0.3) is 0 Å². The summed E-state index contributed by atoms with van der Waals surface area (Å²) >= 11 is 0. The minimum absolute atomic E-state index is 0.731. The van der Waals surface area contributed by atoms with E-state index in [4.69, 9.17) is 5.73 Å². The van der Waals surface area contributed by atoms with Crippen molar-refractivity contribution in [3.8, 4) is 11.8 Å². The van der Waals surface area contributed by atoms with Gasteiger partial charge in [-0.25, -0.2) is 0 Å². The fourth-order valence-electron chi connectivity index (χ4n) is 1.94. The molecule has 0 bridgehead atoms. The molecule has 1 nitrogen and oxygen atoms in total. The maximum atomic E-state index is 5.42. The van der Waals surface area contributed by atoms with Gasteiger partial charge in [-0.3, -0.25) is 0 Å². The van der Waals surface area contributed by atoms with Crippen molar-refractivity contribution in [2.24, 2.45) is 5.73 Å². The number of hydrogen-bond acceptors (Lipinski definition) is 1. The first kappa shape index (κ1) is 11.2. The molecule has 1 heteroatoms. The number of hydrogen-bond donors (Lipinski definition) is 1. The molecule has 0 atom stereocenters. The molecule has 1 fully saturated rings. The van der Waals surface area contributed by atoms with Gasteiger partial charge in [0.15, 0.2) is 0 Å². The van der Waals surface area contributed by atoms with Crippen LogP contribution in [-0.4, -0.2) is 6.54 Å². The van der Waals surface area contributed by atoms with Gasteiger partial charge in [0.2, 0.25) is 0 Å². The molecule has 1 aliphatic rings. The number of benzene rings is 1. The fraction of sp³-hybridized carbons (Fsp3) is 0.467. The van der Waals surface area contributed by atoms with Crippen LogP contribution < -0.4 is 5.73 Å². The monoisotopic (exact) mass is 213 g/mol. The zero-order chi connectivity index (χ0) is 11.2. The predicted octanol–water partition coefficient (Wildman–Crippen LogP) is 3.04. The van der Waals surface area contributed by atoms with E-state index in [0.29, 0.717) is 0 Å². The van der Waals surface area contributed by atoms with Gasteiger partial charge >= 0.3 is 0 Å². The largest absolute Gasteiger partial charge is 0.330 e. The molecule has 1 aromatic rings. The summed E-state index contributed by atoms with van der Waals surface area (Å²) in [5.41, 5.74) is 8.03. The fourth-order valence-corrected chi connectivity index (χ4v) is 1.94. The van der Waals surface area contributed by atoms with Crippen LogP contribution in [0.3, 0.4) is 0 Å². The molecular weight excluding hydrogens is 194 g/mol. The molecule has 1 aliphatic carbocycles. The maximum Gasteiger partial charge on any atom is 0.0245 e. The summed E-state index contributed by atoms with van der Waals surface area (Å²) in [4.78, 5) is 0. The van der Waals surface area contributed by atoms with Crippen LogP contribution in [0.15, 0.2) is 24.3 Å². The van der Waals surface area contributed by atoms with E-state index in [9.17, 15) is 0 Å². The van der Waals surface area contributed by atoms with Gasteiger partial charge < -0.3 is 5.73 Å². The highest BCUT2D eigenvalue weighted by atomic mass is 14.5. The van der Waals surface area contributed by atoms with Crippen LogP contribution in [0, 0.1) is 11.8 Å². The Morgan fingerprint density at radius 2 is 1.94 bits per heavy atom. The molecule has 84 valence electrons. The Hall–Kier alpha value is -1.26. The van der Waals surface area contributed by atoms with Crippen molar-refractivity contribution >= 4 is 0 Å². The van der Waals surface area contributed by atoms with Gasteiger partial charge in [0, 0.05) is 12.0 Å². The van der Waals surface area contributed by atoms with Crippen LogP contribution in [-0.2, 0) is 0 Å². The van der Waals surface area contributed by atoms with E-state index in [2.05, 4.69) is 36.1 Å². The first-order valence-corrected chi connectivity index (χ1v) is 6.19. The molecule has 1 aromatic carbocycles. The van der Waals surface area contributed by atoms with Crippen molar-refractivity contribution in [1.29, 1.82) is 0 Å². The second-order valence-electron chi connectivity index (χ2n) is 4.44. The third kappa shape index (κ3) is 2.87. The molecule has 1 saturated carbocycles. The second-order valence-corrected chi connectivity index (χ2v) is 4.44. The zero-order valence-corrected chi connectivity index (χ0v) is 9.71. The van der Waals surface area contributed by atoms with E-state index >= 15 is 0 Å². The summed E-state index contributed by atoms with van der Waals surface area (Å²) in [6, 6.07) is 8.75. The highest BCUT2D eigenvalue weighted by Gasteiger charge is 2.18. The first-order valence-electron chi connectivity index (χ1n) is 6.19. The summed E-state index contributed by atoms with van der Waals surface area (Å²) < 4.78 is 0. The van der Waals surface area contributed by atoms with E-state index < -0.39 is 0 Å². The molecule has 0 aromatic heterocycles. The lowest BCUT2D eigenvalue weighted by atomic mass is 9.80. The SMILES string of the molecule is NCCCC#Cc1ccc(C2CCC2)cc1. The van der Waals surface area contributed by atoms with Crippen LogP contribution in [0.1, 0.15) is 49.1 Å². The highest BCUT2D eigenvalue weighted by Crippen LogP contribution is 2.36. The molecule has 0 saturated heterocycles. The summed E-state index contributed by atoms with van der Waals surface area (Å²) in [6.07, 6.45) is 6.02. The molecule has 0 heterocycles. The van der Waals surface area contributed by atoms with Crippen LogP contribution in [0.2, 0.25) is 0 Å². The van der Waals surface area contributed by atoms with Crippen molar-refractivity contribution in [3.63, 3.8) is 0 Å². The summed E-state index contributed by atoms with van der Waals surface area (Å²) in [5, 5.41) is 0. The number of nitrogens with two attached hydrogens (primary N) is 1. The standard InChI is InChI=1S/C15H19N/c16-12-3-1-2-5-13-8-10-15(11-9-13)14-6-4-7-14/h8-11,14H,1,3-4,6-7,12,16H2. The molecule has 0 radical (unpaired) electrons. The average Bonchev–Trinajstić information content (AvgIpc) is 2.24. The van der Waals surface area contributed by atoms with Gasteiger partial charge in [-0.1, -0.05) is 30.4 Å². The lowest BCUT2D eigenvalue weighted by molar-refractivity contribution is 0.420. The third-order valence-electron chi connectivity index (χ3n) is 3.23. The minimum Gasteiger partial charge on any atom is -0.330 e. The number of unbranched alkanes of at least 4 members (excludes halogenated alkanes) is 1. The van der Waals surface area contributed by atoms with Crippen molar-refractivity contribution in [1.82, 2.24) is 0 Å². The van der Waals surface area contributed by atoms with E-state index in [1.54, 1.807) is 0 Å². The Bertz CT molecular complexity index is 376. The van der Waals surface area contributed by atoms with Crippen molar-refractivity contribution in [2.45, 2.75) is 38.0 Å². The van der Waals surface area contributed by atoms with Crippen LogP contribution in [0.5, 0.6) is 0 Å². The molecule has 0 spiro atoms. The van der Waals surface area contributed by atoms with Gasteiger partial charge in [-0.05, 0) is 49.4 Å². The summed E-state index contributed by atoms with van der Waals surface area (Å²) in [5.74, 6) is 7.14. The smallest absolute Gasteiger partial charge is 0.0245 e. The molecule has 0 unspecified atom stereocenters. The third-order valence-corrected chi connectivity index (χ3v) is 3.23. The molecule has 16 heavy (non-hydrogen) atoms. The summed E-state index contributed by atoms with van der Waals surface area (Å²) in [6.45, 7) is 0.731. The van der Waals surface area contributed by atoms with Gasteiger partial charge in [0.05, 0.1) is 0 Å². The molecule has 2 rings (SSSR count). The minimum atomic E-state index is 0.731. The highest BCUT2D eigenvalue weighted by molar-refractivity contribution is 5.37. The molecular formula is C15H19N. The summed E-state index contributed by atoms with van der Waals surface area (Å²) in [7, 11) is 0. The maximum absolute atomic E-state index is 5.42. The van der Waals surface area contributed by atoms with E-state index in [-0.39, 0.29) is 0 Å². The van der Waals surface area contributed by atoms with Gasteiger partial charge in [0.1, 0.15) is 0 Å². The van der Waals surface area contributed by atoms with Gasteiger partial charge in [-0.2, -0.15) is 0 Å². The van der Waals surface area contributed by atoms with E-state index in [1.165, 1.54) is 24.8 Å². The number of rotatable bonds is 3. The van der Waals surface area contributed by atoms with Gasteiger partial charge in [-0.15, -0.1) is 0 Å². The Labute approximate surface area is 98.0 Å². The normalized spacial score (nSPS) is 15.1. The molecule has 0 aliphatic heterocycles. The lowest BCUT2D eigenvalue weighted by Crippen LogP contribution is -2.08. The zero-order valence-electron chi connectivity index (χ0n) is 9.71. The first-order chi connectivity index (χ1) is 7.90. The Balaban J connectivity index is 1.92. The Kier molecular flexibility index (Phi) is 4.02. The molecule has 2 N–H and O–H groups in total. The lowest BCUT2D eigenvalue weighted by Gasteiger charge is -2.25. The topological polar surface area (TPSA) is 26.0 Å². The van der Waals surface area contributed by atoms with Crippen molar-refractivity contribution in [2.75, 3.05) is 6.54 Å². The van der Waals surface area contributed by atoms with E-state index in [0.717, 1.165) is 30.9 Å². The Morgan fingerprint density at radius 1 is 1.19 bits per heavy atom.